The second kappa shape index (κ2) is 9.77. The van der Waals surface area contributed by atoms with Crippen LogP contribution in [-0.2, 0) is 11.2 Å². The van der Waals surface area contributed by atoms with Gasteiger partial charge in [0.2, 0.25) is 0 Å². The van der Waals surface area contributed by atoms with Gasteiger partial charge in [0.25, 0.3) is 0 Å². The van der Waals surface area contributed by atoms with Crippen LogP contribution in [0.5, 0.6) is 0 Å². The van der Waals surface area contributed by atoms with Crippen molar-refractivity contribution in [1.29, 1.82) is 0 Å². The van der Waals surface area contributed by atoms with Crippen molar-refractivity contribution in [3.63, 3.8) is 0 Å². The van der Waals surface area contributed by atoms with Gasteiger partial charge in [0.1, 0.15) is 5.82 Å². The van der Waals surface area contributed by atoms with Gasteiger partial charge in [-0.1, -0.05) is 26.0 Å². The third-order valence-electron chi connectivity index (χ3n) is 5.28. The summed E-state index contributed by atoms with van der Waals surface area (Å²) >= 11 is 0. The third-order valence-corrected chi connectivity index (χ3v) is 5.28. The molecule has 1 aliphatic heterocycles. The molecule has 0 atom stereocenters. The first-order chi connectivity index (χ1) is 14.3. The fourth-order valence-corrected chi connectivity index (χ4v) is 3.53. The van der Waals surface area contributed by atoms with Crippen LogP contribution < -0.4 is 4.90 Å². The van der Waals surface area contributed by atoms with Crippen molar-refractivity contribution in [2.45, 2.75) is 66.4 Å². The lowest BCUT2D eigenvalue weighted by Crippen LogP contribution is -2.38. The summed E-state index contributed by atoms with van der Waals surface area (Å²) in [4.78, 5) is 18.2. The minimum Gasteiger partial charge on any atom is -0.481 e. The average molecular weight is 431 g/mol. The quantitative estimate of drug-likeness (QED) is 0.695. The van der Waals surface area contributed by atoms with Gasteiger partial charge >= 0.3 is 5.97 Å². The van der Waals surface area contributed by atoms with Crippen LogP contribution in [0.2, 0.25) is 0 Å². The number of rotatable bonds is 4. The fraction of sp³-hybridized carbons (Fsp3) is 0.520. The largest absolute Gasteiger partial charge is 0.481 e. The molecular formula is C25H35FN2O3. The highest BCUT2D eigenvalue weighted by Gasteiger charge is 2.29. The number of aryl methyl sites for hydroxylation is 1. The Kier molecular flexibility index (Phi) is 7.82. The van der Waals surface area contributed by atoms with E-state index in [4.69, 9.17) is 5.11 Å². The van der Waals surface area contributed by atoms with Gasteiger partial charge < -0.3 is 15.1 Å². The predicted molar refractivity (Wildman–Crippen MR) is 123 cm³/mol. The van der Waals surface area contributed by atoms with E-state index in [0.717, 1.165) is 54.0 Å². The highest BCUT2D eigenvalue weighted by atomic mass is 19.1. The fourth-order valence-electron chi connectivity index (χ4n) is 3.53. The van der Waals surface area contributed by atoms with Gasteiger partial charge in [-0.15, -0.1) is 0 Å². The number of carboxylic acid groups (broad SMARTS) is 1. The van der Waals surface area contributed by atoms with Gasteiger partial charge in [-0.05, 0) is 63.6 Å². The Morgan fingerprint density at radius 2 is 1.68 bits per heavy atom. The summed E-state index contributed by atoms with van der Waals surface area (Å²) < 4.78 is 13.4. The summed E-state index contributed by atoms with van der Waals surface area (Å²) in [5.41, 5.74) is 3.93. The highest BCUT2D eigenvalue weighted by molar-refractivity contribution is 5.84. The van der Waals surface area contributed by atoms with Crippen LogP contribution in [0.4, 0.5) is 10.1 Å². The van der Waals surface area contributed by atoms with Crippen molar-refractivity contribution >= 4 is 11.7 Å². The van der Waals surface area contributed by atoms with Gasteiger partial charge in [-0.2, -0.15) is 0 Å². The third kappa shape index (κ3) is 7.62. The van der Waals surface area contributed by atoms with Crippen LogP contribution in [0.3, 0.4) is 0 Å². The SMILES string of the molecule is CC(C)(C)O.Cc1ncc(-c2ccc(F)cc2)c(N2CCC(C)(C)CC2)c1CC(=O)O. The van der Waals surface area contributed by atoms with E-state index in [1.54, 1.807) is 39.1 Å². The number of aromatic nitrogens is 1. The molecule has 0 radical (unpaired) electrons. The van der Waals surface area contributed by atoms with Crippen LogP contribution in [0.25, 0.3) is 11.1 Å². The number of aliphatic carboxylic acids is 1. The van der Waals surface area contributed by atoms with Crippen LogP contribution >= 0.6 is 0 Å². The standard InChI is InChI=1S/C21H25FN2O2.C4H10O/c1-14-17(12-19(25)26)20(24-10-8-21(2,3)9-11-24)18(13-23-14)15-4-6-16(22)7-5-15;1-4(2,3)5/h4-7,13H,8-12H2,1-3H3,(H,25,26);5H,1-3H3. The zero-order chi connectivity index (χ0) is 23.4. The second-order valence-electron chi connectivity index (χ2n) is 9.98. The van der Waals surface area contributed by atoms with Crippen molar-refractivity contribution in [2.75, 3.05) is 18.0 Å². The molecule has 1 saturated heterocycles. The maximum Gasteiger partial charge on any atom is 0.307 e. The van der Waals surface area contributed by atoms with Gasteiger partial charge in [-0.3, -0.25) is 9.78 Å². The van der Waals surface area contributed by atoms with Gasteiger partial charge in [0.05, 0.1) is 17.7 Å². The van der Waals surface area contributed by atoms with E-state index in [1.165, 1.54) is 12.1 Å². The Labute approximate surface area is 184 Å². The number of anilines is 1. The molecule has 5 nitrogen and oxygen atoms in total. The summed E-state index contributed by atoms with van der Waals surface area (Å²) in [6.45, 7) is 13.4. The predicted octanol–water partition coefficient (Wildman–Crippen LogP) is 5.23. The maximum absolute atomic E-state index is 13.4. The van der Waals surface area contributed by atoms with Gasteiger partial charge in [0.15, 0.2) is 0 Å². The molecule has 1 aromatic carbocycles. The van der Waals surface area contributed by atoms with Crippen molar-refractivity contribution in [1.82, 2.24) is 4.98 Å². The molecule has 0 spiro atoms. The van der Waals surface area contributed by atoms with E-state index in [-0.39, 0.29) is 12.2 Å². The number of halogens is 1. The monoisotopic (exact) mass is 430 g/mol. The number of aliphatic hydroxyl groups is 1. The summed E-state index contributed by atoms with van der Waals surface area (Å²) in [7, 11) is 0. The molecule has 1 aliphatic rings. The zero-order valence-electron chi connectivity index (χ0n) is 19.5. The minimum absolute atomic E-state index is 0.0664. The van der Waals surface area contributed by atoms with Crippen LogP contribution in [0.15, 0.2) is 30.5 Å². The number of carboxylic acids is 1. The molecule has 170 valence electrons. The highest BCUT2D eigenvalue weighted by Crippen LogP contribution is 2.39. The molecule has 1 aromatic heterocycles. The number of hydrogen-bond donors (Lipinski definition) is 2. The molecule has 0 amide bonds. The van der Waals surface area contributed by atoms with Crippen molar-refractivity contribution < 1.29 is 19.4 Å². The summed E-state index contributed by atoms with van der Waals surface area (Å²) in [5.74, 6) is -1.16. The van der Waals surface area contributed by atoms with E-state index in [2.05, 4.69) is 23.7 Å². The number of benzene rings is 1. The molecule has 0 bridgehead atoms. The van der Waals surface area contributed by atoms with Gasteiger partial charge in [0, 0.05) is 36.1 Å². The number of carbonyl (C=O) groups is 1. The number of hydrogen-bond acceptors (Lipinski definition) is 4. The molecule has 2 heterocycles. The molecule has 2 aromatic rings. The molecular weight excluding hydrogens is 395 g/mol. The molecule has 1 fully saturated rings. The average Bonchev–Trinajstić information content (AvgIpc) is 2.63. The van der Waals surface area contributed by atoms with E-state index in [9.17, 15) is 14.3 Å². The Balaban J connectivity index is 0.000000614. The molecule has 0 unspecified atom stereocenters. The van der Waals surface area contributed by atoms with Crippen LogP contribution in [0, 0.1) is 18.2 Å². The van der Waals surface area contributed by atoms with Gasteiger partial charge in [-0.25, -0.2) is 4.39 Å². The van der Waals surface area contributed by atoms with Crippen molar-refractivity contribution in [2.24, 2.45) is 5.41 Å². The summed E-state index contributed by atoms with van der Waals surface area (Å²) in [6.07, 6.45) is 3.81. The maximum atomic E-state index is 13.4. The Morgan fingerprint density at radius 3 is 2.16 bits per heavy atom. The van der Waals surface area contributed by atoms with Crippen LogP contribution in [0.1, 0.15) is 58.7 Å². The van der Waals surface area contributed by atoms with Crippen molar-refractivity contribution in [3.05, 3.63) is 47.5 Å². The van der Waals surface area contributed by atoms with E-state index >= 15 is 0 Å². The number of pyridine rings is 1. The first-order valence-electron chi connectivity index (χ1n) is 10.7. The lowest BCUT2D eigenvalue weighted by Gasteiger charge is -2.40. The van der Waals surface area contributed by atoms with E-state index in [0.29, 0.717) is 5.41 Å². The Morgan fingerprint density at radius 1 is 1.16 bits per heavy atom. The lowest BCUT2D eigenvalue weighted by molar-refractivity contribution is -0.136. The topological polar surface area (TPSA) is 73.7 Å². The minimum atomic E-state index is -0.871. The molecule has 3 rings (SSSR count). The van der Waals surface area contributed by atoms with E-state index in [1.807, 2.05) is 6.92 Å². The smallest absolute Gasteiger partial charge is 0.307 e. The van der Waals surface area contributed by atoms with E-state index < -0.39 is 11.6 Å². The molecule has 6 heteroatoms. The Hall–Kier alpha value is -2.47. The number of piperidine rings is 1. The van der Waals surface area contributed by atoms with Crippen LogP contribution in [-0.4, -0.2) is 39.9 Å². The normalized spacial score (nSPS) is 15.8. The Bertz CT molecular complexity index is 886. The zero-order valence-corrected chi connectivity index (χ0v) is 19.5. The first kappa shape index (κ1) is 24.8. The molecule has 2 N–H and O–H groups in total. The van der Waals surface area contributed by atoms with Crippen molar-refractivity contribution in [3.8, 4) is 11.1 Å². The lowest BCUT2D eigenvalue weighted by atomic mass is 9.82. The number of nitrogens with zero attached hydrogens (tertiary/aromatic N) is 2. The second-order valence-corrected chi connectivity index (χ2v) is 9.98. The molecule has 0 aliphatic carbocycles. The molecule has 0 saturated carbocycles. The summed E-state index contributed by atoms with van der Waals surface area (Å²) in [5, 5.41) is 17.9. The summed E-state index contributed by atoms with van der Waals surface area (Å²) in [6, 6.07) is 6.30. The first-order valence-corrected chi connectivity index (χ1v) is 10.7. The molecule has 31 heavy (non-hydrogen) atoms.